The van der Waals surface area contributed by atoms with Gasteiger partial charge in [-0.25, -0.2) is 0 Å². The molecule has 0 spiro atoms. The third-order valence-electron chi connectivity index (χ3n) is 5.12. The van der Waals surface area contributed by atoms with Crippen LogP contribution in [0, 0.1) is 6.92 Å². The van der Waals surface area contributed by atoms with E-state index in [2.05, 4.69) is 16.5 Å². The Bertz CT molecular complexity index is 1330. The van der Waals surface area contributed by atoms with Gasteiger partial charge in [-0.1, -0.05) is 48.5 Å². The van der Waals surface area contributed by atoms with Crippen molar-refractivity contribution in [1.29, 1.82) is 0 Å². The lowest BCUT2D eigenvalue weighted by atomic mass is 10.1. The highest BCUT2D eigenvalue weighted by Crippen LogP contribution is 2.32. The molecule has 0 unspecified atom stereocenters. The molecule has 0 saturated heterocycles. The van der Waals surface area contributed by atoms with Gasteiger partial charge in [0.15, 0.2) is 5.76 Å². The molecule has 5 aromatic rings. The standard InChI is InChI=1S/C24H19N3O2/c1-16-20-11-10-18-7-2-3-9-21(18)23(20)29-22(16)24(28)26-19-8-4-6-17(14-19)15-27-13-5-12-25-27/h2-14H,15H2,1H3,(H,26,28). The van der Waals surface area contributed by atoms with Crippen molar-refractivity contribution >= 4 is 33.3 Å². The van der Waals surface area contributed by atoms with Crippen LogP contribution in [0.5, 0.6) is 0 Å². The Hall–Kier alpha value is -3.86. The monoisotopic (exact) mass is 381 g/mol. The minimum Gasteiger partial charge on any atom is -0.450 e. The largest absolute Gasteiger partial charge is 0.450 e. The minimum atomic E-state index is -0.251. The van der Waals surface area contributed by atoms with Crippen LogP contribution in [0.3, 0.4) is 0 Å². The number of nitrogens with one attached hydrogen (secondary N) is 1. The van der Waals surface area contributed by atoms with Crippen molar-refractivity contribution in [1.82, 2.24) is 9.78 Å². The van der Waals surface area contributed by atoms with Crippen molar-refractivity contribution in [2.75, 3.05) is 5.32 Å². The number of rotatable bonds is 4. The molecule has 0 saturated carbocycles. The number of anilines is 1. The molecule has 2 aromatic heterocycles. The lowest BCUT2D eigenvalue weighted by Crippen LogP contribution is -2.12. The lowest BCUT2D eigenvalue weighted by Gasteiger charge is -2.07. The van der Waals surface area contributed by atoms with Crippen molar-refractivity contribution in [3.8, 4) is 0 Å². The number of carbonyl (C=O) groups excluding carboxylic acids is 1. The number of benzene rings is 3. The fraction of sp³-hybridized carbons (Fsp3) is 0.0833. The molecule has 142 valence electrons. The normalized spacial score (nSPS) is 11.2. The predicted octanol–water partition coefficient (Wildman–Crippen LogP) is 5.39. The molecule has 0 radical (unpaired) electrons. The van der Waals surface area contributed by atoms with Crippen LogP contribution >= 0.6 is 0 Å². The smallest absolute Gasteiger partial charge is 0.291 e. The zero-order chi connectivity index (χ0) is 19.8. The van der Waals surface area contributed by atoms with Gasteiger partial charge in [-0.05, 0) is 36.1 Å². The van der Waals surface area contributed by atoms with Gasteiger partial charge < -0.3 is 9.73 Å². The lowest BCUT2D eigenvalue weighted by molar-refractivity contribution is 0.0998. The molecule has 29 heavy (non-hydrogen) atoms. The summed E-state index contributed by atoms with van der Waals surface area (Å²) in [7, 11) is 0. The molecule has 3 aromatic carbocycles. The maximum atomic E-state index is 12.9. The Morgan fingerprint density at radius 2 is 1.93 bits per heavy atom. The van der Waals surface area contributed by atoms with Crippen LogP contribution in [0.4, 0.5) is 5.69 Å². The summed E-state index contributed by atoms with van der Waals surface area (Å²) < 4.78 is 7.88. The highest BCUT2D eigenvalue weighted by molar-refractivity contribution is 6.11. The fourth-order valence-corrected chi connectivity index (χ4v) is 3.68. The van der Waals surface area contributed by atoms with E-state index in [0.29, 0.717) is 12.3 Å². The summed E-state index contributed by atoms with van der Waals surface area (Å²) in [5.41, 5.74) is 3.37. The fourth-order valence-electron chi connectivity index (χ4n) is 3.68. The second kappa shape index (κ2) is 6.95. The quantitative estimate of drug-likeness (QED) is 0.454. The molecule has 1 amide bonds. The van der Waals surface area contributed by atoms with Crippen LogP contribution in [0.1, 0.15) is 21.7 Å². The van der Waals surface area contributed by atoms with Crippen LogP contribution in [-0.2, 0) is 6.54 Å². The predicted molar refractivity (Wildman–Crippen MR) is 114 cm³/mol. The molecular weight excluding hydrogens is 362 g/mol. The van der Waals surface area contributed by atoms with E-state index in [1.165, 1.54) is 0 Å². The van der Waals surface area contributed by atoms with Gasteiger partial charge in [0.1, 0.15) is 5.58 Å². The summed E-state index contributed by atoms with van der Waals surface area (Å²) in [6, 6.07) is 21.7. The number of hydrogen-bond donors (Lipinski definition) is 1. The highest BCUT2D eigenvalue weighted by atomic mass is 16.3. The van der Waals surface area contributed by atoms with E-state index in [1.54, 1.807) is 6.20 Å². The van der Waals surface area contributed by atoms with Crippen molar-refractivity contribution < 1.29 is 9.21 Å². The van der Waals surface area contributed by atoms with Crippen LogP contribution in [0.25, 0.3) is 21.7 Å². The molecule has 0 fully saturated rings. The maximum absolute atomic E-state index is 12.9. The molecule has 5 rings (SSSR count). The molecule has 5 nitrogen and oxygen atoms in total. The van der Waals surface area contributed by atoms with Crippen molar-refractivity contribution in [2.45, 2.75) is 13.5 Å². The van der Waals surface area contributed by atoms with Crippen molar-refractivity contribution in [3.05, 3.63) is 96.0 Å². The molecule has 0 atom stereocenters. The summed E-state index contributed by atoms with van der Waals surface area (Å²) >= 11 is 0. The number of aryl methyl sites for hydroxylation is 1. The van der Waals surface area contributed by atoms with E-state index >= 15 is 0 Å². The van der Waals surface area contributed by atoms with Gasteiger partial charge in [0.25, 0.3) is 5.91 Å². The number of carbonyl (C=O) groups is 1. The Kier molecular flexibility index (Phi) is 4.13. The number of hydrogen-bond acceptors (Lipinski definition) is 3. The molecule has 5 heteroatoms. The van der Waals surface area contributed by atoms with Gasteiger partial charge in [-0.2, -0.15) is 5.10 Å². The van der Waals surface area contributed by atoms with Gasteiger partial charge in [-0.15, -0.1) is 0 Å². The van der Waals surface area contributed by atoms with Crippen LogP contribution in [0.2, 0.25) is 0 Å². The average molecular weight is 381 g/mol. The van der Waals surface area contributed by atoms with E-state index in [1.807, 2.05) is 78.5 Å². The maximum Gasteiger partial charge on any atom is 0.291 e. The van der Waals surface area contributed by atoms with Gasteiger partial charge in [0, 0.05) is 34.4 Å². The van der Waals surface area contributed by atoms with Gasteiger partial charge in [-0.3, -0.25) is 9.48 Å². The average Bonchev–Trinajstić information content (AvgIpc) is 3.36. The zero-order valence-corrected chi connectivity index (χ0v) is 15.9. The summed E-state index contributed by atoms with van der Waals surface area (Å²) in [5, 5.41) is 10.2. The van der Waals surface area contributed by atoms with Crippen molar-refractivity contribution in [2.24, 2.45) is 0 Å². The molecular formula is C24H19N3O2. The van der Waals surface area contributed by atoms with Gasteiger partial charge >= 0.3 is 0 Å². The van der Waals surface area contributed by atoms with E-state index in [4.69, 9.17) is 4.42 Å². The number of fused-ring (bicyclic) bond motifs is 3. The summed E-state index contributed by atoms with van der Waals surface area (Å²) in [4.78, 5) is 12.9. The second-order valence-corrected chi connectivity index (χ2v) is 7.08. The molecule has 0 aliphatic heterocycles. The van der Waals surface area contributed by atoms with Crippen LogP contribution in [0.15, 0.2) is 83.5 Å². The topological polar surface area (TPSA) is 60.1 Å². The van der Waals surface area contributed by atoms with E-state index in [9.17, 15) is 4.79 Å². The highest BCUT2D eigenvalue weighted by Gasteiger charge is 2.19. The van der Waals surface area contributed by atoms with Crippen LogP contribution < -0.4 is 5.32 Å². The Morgan fingerprint density at radius 3 is 2.79 bits per heavy atom. The van der Waals surface area contributed by atoms with Crippen molar-refractivity contribution in [3.63, 3.8) is 0 Å². The first kappa shape index (κ1) is 17.3. The Morgan fingerprint density at radius 1 is 1.03 bits per heavy atom. The SMILES string of the molecule is Cc1c(C(=O)Nc2cccc(Cn3cccn3)c2)oc2c1ccc1ccccc12. The first-order chi connectivity index (χ1) is 14.2. The number of amides is 1. The number of nitrogens with zero attached hydrogens (tertiary/aromatic N) is 2. The minimum absolute atomic E-state index is 0.251. The molecule has 0 aliphatic rings. The van der Waals surface area contributed by atoms with E-state index in [0.717, 1.165) is 38.6 Å². The molecule has 1 N–H and O–H groups in total. The first-order valence-corrected chi connectivity index (χ1v) is 9.47. The Balaban J connectivity index is 1.46. The summed E-state index contributed by atoms with van der Waals surface area (Å²) in [6.07, 6.45) is 3.66. The van der Waals surface area contributed by atoms with E-state index in [-0.39, 0.29) is 5.91 Å². The van der Waals surface area contributed by atoms with Crippen LogP contribution in [-0.4, -0.2) is 15.7 Å². The Labute approximate surface area is 167 Å². The van der Waals surface area contributed by atoms with Gasteiger partial charge in [0.05, 0.1) is 6.54 Å². The second-order valence-electron chi connectivity index (χ2n) is 7.08. The molecule has 0 bridgehead atoms. The first-order valence-electron chi connectivity index (χ1n) is 9.47. The summed E-state index contributed by atoms with van der Waals surface area (Å²) in [5.74, 6) is 0.0906. The van der Waals surface area contributed by atoms with Gasteiger partial charge in [0.2, 0.25) is 0 Å². The molecule has 2 heterocycles. The summed E-state index contributed by atoms with van der Waals surface area (Å²) in [6.45, 7) is 2.57. The number of furan rings is 1. The zero-order valence-electron chi connectivity index (χ0n) is 15.9. The third kappa shape index (κ3) is 3.17. The van der Waals surface area contributed by atoms with E-state index < -0.39 is 0 Å². The molecule has 0 aliphatic carbocycles. The third-order valence-corrected chi connectivity index (χ3v) is 5.12. The number of aromatic nitrogens is 2.